The molecule has 0 bridgehead atoms. The summed E-state index contributed by atoms with van der Waals surface area (Å²) < 4.78 is 5.69. The molecule has 0 saturated carbocycles. The lowest BCUT2D eigenvalue weighted by molar-refractivity contribution is -0.163. The van der Waals surface area contributed by atoms with Crippen molar-refractivity contribution in [3.8, 4) is 0 Å². The first-order chi connectivity index (χ1) is 9.51. The van der Waals surface area contributed by atoms with Crippen LogP contribution in [0.5, 0.6) is 0 Å². The Morgan fingerprint density at radius 2 is 2.05 bits per heavy atom. The summed E-state index contributed by atoms with van der Waals surface area (Å²) >= 11 is 0. The Kier molecular flexibility index (Phi) is 4.81. The number of piperidine rings is 1. The number of nitrogens with one attached hydrogen (secondary N) is 1. The van der Waals surface area contributed by atoms with E-state index in [1.165, 1.54) is 0 Å². The summed E-state index contributed by atoms with van der Waals surface area (Å²) in [7, 11) is 0. The summed E-state index contributed by atoms with van der Waals surface area (Å²) in [6, 6.07) is 9.89. The maximum atomic E-state index is 12.5. The van der Waals surface area contributed by atoms with Crippen LogP contribution < -0.4 is 5.32 Å². The van der Waals surface area contributed by atoms with Crippen molar-refractivity contribution in [3.63, 3.8) is 0 Å². The topological polar surface area (TPSA) is 38.3 Å². The third-order valence-corrected chi connectivity index (χ3v) is 4.40. The van der Waals surface area contributed by atoms with E-state index in [-0.39, 0.29) is 12.1 Å². The maximum absolute atomic E-state index is 12.5. The van der Waals surface area contributed by atoms with Crippen LogP contribution in [-0.2, 0) is 9.53 Å². The molecule has 0 aliphatic carbocycles. The zero-order chi connectivity index (χ0) is 14.6. The molecule has 2 unspecified atom stereocenters. The van der Waals surface area contributed by atoms with Crippen LogP contribution in [0.25, 0.3) is 0 Å². The van der Waals surface area contributed by atoms with Gasteiger partial charge in [-0.3, -0.25) is 4.79 Å². The quantitative estimate of drug-likeness (QED) is 0.857. The molecule has 0 radical (unpaired) electrons. The molecule has 1 fully saturated rings. The largest absolute Gasteiger partial charge is 0.457 e. The van der Waals surface area contributed by atoms with Crippen molar-refractivity contribution in [1.29, 1.82) is 0 Å². The van der Waals surface area contributed by atoms with Crippen molar-refractivity contribution in [2.45, 2.75) is 39.7 Å². The Morgan fingerprint density at radius 3 is 2.65 bits per heavy atom. The second-order valence-electron chi connectivity index (χ2n) is 6.22. The van der Waals surface area contributed by atoms with Gasteiger partial charge in [0.25, 0.3) is 0 Å². The lowest BCUT2D eigenvalue weighted by atomic mass is 9.75. The average Bonchev–Trinajstić information content (AvgIpc) is 2.49. The lowest BCUT2D eigenvalue weighted by Crippen LogP contribution is -2.43. The number of benzene rings is 1. The van der Waals surface area contributed by atoms with Gasteiger partial charge >= 0.3 is 5.97 Å². The van der Waals surface area contributed by atoms with Crippen LogP contribution in [0, 0.1) is 11.3 Å². The third-order valence-electron chi connectivity index (χ3n) is 4.40. The second-order valence-corrected chi connectivity index (χ2v) is 6.22. The fourth-order valence-electron chi connectivity index (χ4n) is 2.74. The summed E-state index contributed by atoms with van der Waals surface area (Å²) in [5.74, 6) is 0.259. The molecular weight excluding hydrogens is 250 g/mol. The summed E-state index contributed by atoms with van der Waals surface area (Å²) in [5.41, 5.74) is 0.606. The van der Waals surface area contributed by atoms with E-state index in [1.807, 2.05) is 51.1 Å². The van der Waals surface area contributed by atoms with Crippen LogP contribution >= 0.6 is 0 Å². The van der Waals surface area contributed by atoms with Crippen LogP contribution in [0.4, 0.5) is 0 Å². The highest BCUT2D eigenvalue weighted by atomic mass is 16.5. The van der Waals surface area contributed by atoms with E-state index >= 15 is 0 Å². The van der Waals surface area contributed by atoms with Crippen molar-refractivity contribution in [1.82, 2.24) is 5.32 Å². The van der Waals surface area contributed by atoms with Gasteiger partial charge in [0.2, 0.25) is 0 Å². The van der Waals surface area contributed by atoms with Crippen molar-refractivity contribution in [3.05, 3.63) is 35.9 Å². The van der Waals surface area contributed by atoms with Gasteiger partial charge in [-0.15, -0.1) is 0 Å². The van der Waals surface area contributed by atoms with E-state index in [2.05, 4.69) is 5.32 Å². The first kappa shape index (κ1) is 15.0. The van der Waals surface area contributed by atoms with Crippen LogP contribution in [0.15, 0.2) is 30.3 Å². The number of ether oxygens (including phenoxy) is 1. The molecule has 1 aromatic carbocycles. The van der Waals surface area contributed by atoms with Gasteiger partial charge < -0.3 is 10.1 Å². The highest BCUT2D eigenvalue weighted by Gasteiger charge is 2.39. The predicted molar refractivity (Wildman–Crippen MR) is 80.3 cm³/mol. The van der Waals surface area contributed by atoms with Gasteiger partial charge in [0.1, 0.15) is 6.10 Å². The molecule has 3 nitrogen and oxygen atoms in total. The van der Waals surface area contributed by atoms with Crippen molar-refractivity contribution in [2.24, 2.45) is 11.3 Å². The molecule has 3 heteroatoms. The van der Waals surface area contributed by atoms with Crippen molar-refractivity contribution < 1.29 is 9.53 Å². The summed E-state index contributed by atoms with van der Waals surface area (Å²) in [5, 5.41) is 3.37. The molecule has 0 spiro atoms. The molecule has 1 N–H and O–H groups in total. The van der Waals surface area contributed by atoms with E-state index in [1.54, 1.807) is 0 Å². The highest BCUT2D eigenvalue weighted by Crippen LogP contribution is 2.34. The fourth-order valence-corrected chi connectivity index (χ4v) is 2.74. The second kappa shape index (κ2) is 6.40. The van der Waals surface area contributed by atoms with Crippen LogP contribution in [0.3, 0.4) is 0 Å². The lowest BCUT2D eigenvalue weighted by Gasteiger charge is -2.36. The van der Waals surface area contributed by atoms with Gasteiger partial charge in [0.05, 0.1) is 5.41 Å². The number of hydrogen-bond acceptors (Lipinski definition) is 3. The Balaban J connectivity index is 1.99. The molecule has 1 aliphatic heterocycles. The van der Waals surface area contributed by atoms with E-state index < -0.39 is 5.41 Å². The molecule has 1 aliphatic rings. The average molecular weight is 275 g/mol. The third kappa shape index (κ3) is 3.40. The smallest absolute Gasteiger partial charge is 0.312 e. The van der Waals surface area contributed by atoms with E-state index in [0.29, 0.717) is 5.92 Å². The van der Waals surface area contributed by atoms with Gasteiger partial charge in [-0.25, -0.2) is 0 Å². The van der Waals surface area contributed by atoms with E-state index in [9.17, 15) is 4.79 Å². The molecule has 2 atom stereocenters. The number of hydrogen-bond donors (Lipinski definition) is 1. The molecule has 0 amide bonds. The first-order valence-corrected chi connectivity index (χ1v) is 7.48. The van der Waals surface area contributed by atoms with Crippen LogP contribution in [-0.4, -0.2) is 19.1 Å². The van der Waals surface area contributed by atoms with Gasteiger partial charge in [0, 0.05) is 0 Å². The molecule has 1 aromatic rings. The summed E-state index contributed by atoms with van der Waals surface area (Å²) in [4.78, 5) is 12.5. The number of esters is 1. The van der Waals surface area contributed by atoms with Crippen molar-refractivity contribution >= 4 is 5.97 Å². The summed E-state index contributed by atoms with van der Waals surface area (Å²) in [6.07, 6.45) is 2.03. The predicted octanol–water partition coefficient (Wildman–Crippen LogP) is 3.32. The standard InChI is InChI=1S/C17H25NO2/c1-13(14-8-5-4-6-9-14)20-16(19)17(2,3)15-10-7-11-18-12-15/h4-6,8-9,13,15,18H,7,10-12H2,1-3H3. The molecular formula is C17H25NO2. The molecule has 110 valence electrons. The Morgan fingerprint density at radius 1 is 1.35 bits per heavy atom. The number of carbonyl (C=O) groups is 1. The molecule has 20 heavy (non-hydrogen) atoms. The first-order valence-electron chi connectivity index (χ1n) is 7.48. The zero-order valence-electron chi connectivity index (χ0n) is 12.7. The van der Waals surface area contributed by atoms with Gasteiger partial charge in [-0.2, -0.15) is 0 Å². The maximum Gasteiger partial charge on any atom is 0.312 e. The zero-order valence-corrected chi connectivity index (χ0v) is 12.7. The van der Waals surface area contributed by atoms with Gasteiger partial charge in [-0.05, 0) is 58.2 Å². The minimum absolute atomic E-state index is 0.0949. The number of carbonyl (C=O) groups excluding carboxylic acids is 1. The normalized spacial score (nSPS) is 21.2. The Hall–Kier alpha value is -1.35. The fraction of sp³-hybridized carbons (Fsp3) is 0.588. The van der Waals surface area contributed by atoms with Crippen molar-refractivity contribution in [2.75, 3.05) is 13.1 Å². The van der Waals surface area contributed by atoms with Crippen LogP contribution in [0.1, 0.15) is 45.3 Å². The van der Waals surface area contributed by atoms with E-state index in [4.69, 9.17) is 4.74 Å². The molecule has 0 aromatic heterocycles. The minimum atomic E-state index is -0.434. The monoisotopic (exact) mass is 275 g/mol. The molecule has 1 saturated heterocycles. The van der Waals surface area contributed by atoms with E-state index in [0.717, 1.165) is 31.5 Å². The Bertz CT molecular complexity index is 436. The van der Waals surface area contributed by atoms with Gasteiger partial charge in [0.15, 0.2) is 0 Å². The Labute approximate surface area is 121 Å². The summed E-state index contributed by atoms with van der Waals surface area (Å²) in [6.45, 7) is 7.90. The van der Waals surface area contributed by atoms with Crippen LogP contribution in [0.2, 0.25) is 0 Å². The SMILES string of the molecule is CC(OC(=O)C(C)(C)C1CCCNC1)c1ccccc1. The van der Waals surface area contributed by atoms with Gasteiger partial charge in [-0.1, -0.05) is 30.3 Å². The molecule has 2 rings (SSSR count). The molecule has 1 heterocycles. The highest BCUT2D eigenvalue weighted by molar-refractivity contribution is 5.76. The minimum Gasteiger partial charge on any atom is -0.457 e. The number of rotatable bonds is 4.